The molecule has 0 unspecified atom stereocenters. The summed E-state index contributed by atoms with van der Waals surface area (Å²) in [6.07, 6.45) is 2.10. The van der Waals surface area contributed by atoms with Gasteiger partial charge in [-0.2, -0.15) is 0 Å². The predicted octanol–water partition coefficient (Wildman–Crippen LogP) is 4.29. The molecule has 2 heterocycles. The minimum Gasteiger partial charge on any atom is -0.478 e. The van der Waals surface area contributed by atoms with Gasteiger partial charge in [-0.1, -0.05) is 36.2 Å². The summed E-state index contributed by atoms with van der Waals surface area (Å²) in [6.45, 7) is 1.99. The zero-order valence-electron chi connectivity index (χ0n) is 13.2. The third-order valence-electron chi connectivity index (χ3n) is 3.79. The quantitative estimate of drug-likeness (QED) is 0.629. The van der Waals surface area contributed by atoms with Crippen LogP contribution in [-0.4, -0.2) is 26.0 Å². The number of benzene rings is 1. The molecule has 0 atom stereocenters. The van der Waals surface area contributed by atoms with E-state index in [2.05, 4.69) is 15.0 Å². The van der Waals surface area contributed by atoms with Crippen LogP contribution < -0.4 is 5.73 Å². The highest BCUT2D eigenvalue weighted by Gasteiger charge is 2.21. The third-order valence-corrected chi connectivity index (χ3v) is 4.30. The van der Waals surface area contributed by atoms with Gasteiger partial charge >= 0.3 is 5.97 Å². The van der Waals surface area contributed by atoms with Crippen LogP contribution in [0.4, 0.5) is 5.95 Å². The van der Waals surface area contributed by atoms with Gasteiger partial charge in [-0.3, -0.25) is 0 Å². The number of H-pyrrole nitrogens is 1. The molecule has 8 heteroatoms. The summed E-state index contributed by atoms with van der Waals surface area (Å²) in [5, 5.41) is 10.4. The molecule has 4 N–H and O–H groups in total. The van der Waals surface area contributed by atoms with Crippen LogP contribution in [0.2, 0.25) is 10.0 Å². The summed E-state index contributed by atoms with van der Waals surface area (Å²) >= 11 is 12.2. The van der Waals surface area contributed by atoms with E-state index >= 15 is 0 Å². The molecular formula is C17H14Cl2N4O2. The average Bonchev–Trinajstić information content (AvgIpc) is 3.02. The molecule has 0 spiro atoms. The Kier molecular flexibility index (Phi) is 4.65. The third kappa shape index (κ3) is 3.31. The van der Waals surface area contributed by atoms with Gasteiger partial charge in [0.2, 0.25) is 5.95 Å². The van der Waals surface area contributed by atoms with E-state index in [0.29, 0.717) is 22.1 Å². The number of nitrogen functional groups attached to an aromatic ring is 1. The molecule has 3 aromatic rings. The molecule has 0 saturated heterocycles. The van der Waals surface area contributed by atoms with Crippen molar-refractivity contribution in [2.75, 3.05) is 5.73 Å². The van der Waals surface area contributed by atoms with Gasteiger partial charge in [-0.25, -0.2) is 14.8 Å². The van der Waals surface area contributed by atoms with Crippen LogP contribution in [0.25, 0.3) is 22.6 Å². The van der Waals surface area contributed by atoms with Crippen molar-refractivity contribution in [3.05, 3.63) is 51.6 Å². The molecule has 3 rings (SSSR count). The molecule has 6 nitrogen and oxygen atoms in total. The highest BCUT2D eigenvalue weighted by Crippen LogP contribution is 2.34. The van der Waals surface area contributed by atoms with Crippen LogP contribution in [0.5, 0.6) is 0 Å². The van der Waals surface area contributed by atoms with Crippen molar-refractivity contribution in [3.8, 4) is 22.6 Å². The molecule has 0 aliphatic carbocycles. The van der Waals surface area contributed by atoms with Crippen LogP contribution in [-0.2, 0) is 6.42 Å². The summed E-state index contributed by atoms with van der Waals surface area (Å²) in [6, 6.07) is 6.86. The standard InChI is InChI=1S/C17H14Cl2N4O2/c1-2-8-3-4-9(18)5-10(8)14-11(16(24)25)6-13(22-14)15-12(19)7-21-17(20)23-15/h3-7,22H,2H2,1H3,(H,24,25)(H2,20,21,23). The zero-order chi connectivity index (χ0) is 18.1. The van der Waals surface area contributed by atoms with Gasteiger partial charge in [0.15, 0.2) is 0 Å². The van der Waals surface area contributed by atoms with E-state index in [0.717, 1.165) is 17.5 Å². The van der Waals surface area contributed by atoms with Crippen molar-refractivity contribution < 1.29 is 9.90 Å². The summed E-state index contributed by atoms with van der Waals surface area (Å²) in [5.74, 6) is -1.03. The van der Waals surface area contributed by atoms with Gasteiger partial charge in [-0.15, -0.1) is 0 Å². The van der Waals surface area contributed by atoms with Crippen LogP contribution in [0.3, 0.4) is 0 Å². The fourth-order valence-corrected chi connectivity index (χ4v) is 2.99. The molecule has 0 bridgehead atoms. The maximum absolute atomic E-state index is 11.7. The first-order valence-corrected chi connectivity index (χ1v) is 8.19. The van der Waals surface area contributed by atoms with Crippen LogP contribution in [0, 0.1) is 0 Å². The van der Waals surface area contributed by atoms with Gasteiger partial charge < -0.3 is 15.8 Å². The van der Waals surface area contributed by atoms with Gasteiger partial charge in [0.25, 0.3) is 0 Å². The number of aryl methyl sites for hydroxylation is 1. The number of hydrogen-bond acceptors (Lipinski definition) is 4. The number of carboxylic acid groups (broad SMARTS) is 1. The summed E-state index contributed by atoms with van der Waals surface area (Å²) in [4.78, 5) is 22.7. The Labute approximate surface area is 153 Å². The number of carbonyl (C=O) groups is 1. The first-order valence-electron chi connectivity index (χ1n) is 7.44. The minimum absolute atomic E-state index is 0.0458. The molecule has 0 aliphatic rings. The SMILES string of the molecule is CCc1ccc(Cl)cc1-c1[nH]c(-c2nc(N)ncc2Cl)cc1C(=O)O. The van der Waals surface area contributed by atoms with E-state index in [-0.39, 0.29) is 16.5 Å². The van der Waals surface area contributed by atoms with Gasteiger partial charge in [0.1, 0.15) is 5.69 Å². The Morgan fingerprint density at radius 2 is 2.08 bits per heavy atom. The molecule has 25 heavy (non-hydrogen) atoms. The average molecular weight is 377 g/mol. The molecule has 0 aliphatic heterocycles. The number of nitrogens with two attached hydrogens (primary N) is 1. The predicted molar refractivity (Wildman–Crippen MR) is 98.0 cm³/mol. The van der Waals surface area contributed by atoms with Gasteiger partial charge in [0.05, 0.1) is 28.2 Å². The number of anilines is 1. The topological polar surface area (TPSA) is 105 Å². The summed E-state index contributed by atoms with van der Waals surface area (Å²) in [5.41, 5.74) is 8.62. The number of rotatable bonds is 4. The van der Waals surface area contributed by atoms with E-state index in [1.807, 2.05) is 13.0 Å². The smallest absolute Gasteiger partial charge is 0.337 e. The van der Waals surface area contributed by atoms with Crippen LogP contribution >= 0.6 is 23.2 Å². The second kappa shape index (κ2) is 6.74. The van der Waals surface area contributed by atoms with E-state index in [1.165, 1.54) is 12.3 Å². The first-order chi connectivity index (χ1) is 11.9. The normalized spacial score (nSPS) is 10.8. The van der Waals surface area contributed by atoms with E-state index in [1.54, 1.807) is 12.1 Å². The maximum Gasteiger partial charge on any atom is 0.337 e. The van der Waals surface area contributed by atoms with Crippen molar-refractivity contribution in [3.63, 3.8) is 0 Å². The number of hydrogen-bond donors (Lipinski definition) is 3. The summed E-state index contributed by atoms with van der Waals surface area (Å²) in [7, 11) is 0. The highest BCUT2D eigenvalue weighted by molar-refractivity contribution is 6.33. The fraction of sp³-hybridized carbons (Fsp3) is 0.118. The Morgan fingerprint density at radius 3 is 2.76 bits per heavy atom. The lowest BCUT2D eigenvalue weighted by Gasteiger charge is -2.08. The number of nitrogens with one attached hydrogen (secondary N) is 1. The Balaban J connectivity index is 2.25. The lowest BCUT2D eigenvalue weighted by Crippen LogP contribution is -1.98. The van der Waals surface area contributed by atoms with E-state index < -0.39 is 5.97 Å². The Bertz CT molecular complexity index is 969. The van der Waals surface area contributed by atoms with Crippen molar-refractivity contribution >= 4 is 35.1 Å². The van der Waals surface area contributed by atoms with E-state index in [4.69, 9.17) is 28.9 Å². The minimum atomic E-state index is -1.07. The first kappa shape index (κ1) is 17.3. The van der Waals surface area contributed by atoms with Gasteiger partial charge in [0, 0.05) is 10.6 Å². The molecule has 2 aromatic heterocycles. The van der Waals surface area contributed by atoms with Crippen LogP contribution in [0.15, 0.2) is 30.5 Å². The Morgan fingerprint density at radius 1 is 1.32 bits per heavy atom. The van der Waals surface area contributed by atoms with Gasteiger partial charge in [-0.05, 0) is 30.2 Å². The molecule has 0 fully saturated rings. The number of carboxylic acids is 1. The van der Waals surface area contributed by atoms with E-state index in [9.17, 15) is 9.90 Å². The second-order valence-corrected chi connectivity index (χ2v) is 6.20. The fourth-order valence-electron chi connectivity index (χ4n) is 2.62. The number of aromatic carboxylic acids is 1. The largest absolute Gasteiger partial charge is 0.478 e. The van der Waals surface area contributed by atoms with Crippen molar-refractivity contribution in [2.45, 2.75) is 13.3 Å². The molecule has 0 amide bonds. The van der Waals surface area contributed by atoms with Crippen molar-refractivity contribution in [1.82, 2.24) is 15.0 Å². The molecular weight excluding hydrogens is 363 g/mol. The molecule has 1 aromatic carbocycles. The molecule has 0 radical (unpaired) electrons. The van der Waals surface area contributed by atoms with Crippen molar-refractivity contribution in [1.29, 1.82) is 0 Å². The molecule has 0 saturated carbocycles. The number of aromatic amines is 1. The van der Waals surface area contributed by atoms with Crippen LogP contribution in [0.1, 0.15) is 22.8 Å². The number of nitrogens with zero attached hydrogens (tertiary/aromatic N) is 2. The Hall–Kier alpha value is -2.57. The van der Waals surface area contributed by atoms with Crippen molar-refractivity contribution in [2.24, 2.45) is 0 Å². The number of aromatic nitrogens is 3. The zero-order valence-corrected chi connectivity index (χ0v) is 14.7. The number of halogens is 2. The maximum atomic E-state index is 11.7. The lowest BCUT2D eigenvalue weighted by atomic mass is 10.00. The highest BCUT2D eigenvalue weighted by atomic mass is 35.5. The lowest BCUT2D eigenvalue weighted by molar-refractivity contribution is 0.0698. The molecule has 128 valence electrons. The summed E-state index contributed by atoms with van der Waals surface area (Å²) < 4.78 is 0. The second-order valence-electron chi connectivity index (χ2n) is 5.36. The monoisotopic (exact) mass is 376 g/mol.